The van der Waals surface area contributed by atoms with Gasteiger partial charge in [0.25, 0.3) is 0 Å². The van der Waals surface area contributed by atoms with Crippen LogP contribution in [0, 0.1) is 11.8 Å². The zero-order valence-electron chi connectivity index (χ0n) is 13.7. The van der Waals surface area contributed by atoms with Gasteiger partial charge in [-0.05, 0) is 24.5 Å². The number of thiazole rings is 1. The number of carbonyl (C=O) groups is 2. The molecule has 0 fully saturated rings. The molecule has 0 aliphatic carbocycles. The first-order chi connectivity index (χ1) is 11.3. The molecule has 0 amide bonds. The second-order valence-electron chi connectivity index (χ2n) is 6.24. The molecule has 1 aromatic carbocycles. The molecule has 1 N–H and O–H groups in total. The Morgan fingerprint density at radius 3 is 2.50 bits per heavy atom. The molecule has 0 saturated carbocycles. The highest BCUT2D eigenvalue weighted by Crippen LogP contribution is 2.26. The molecule has 6 heteroatoms. The third kappa shape index (κ3) is 5.42. The number of ketones is 1. The predicted molar refractivity (Wildman–Crippen MR) is 96.5 cm³/mol. The summed E-state index contributed by atoms with van der Waals surface area (Å²) in [7, 11) is 0. The Morgan fingerprint density at radius 2 is 1.92 bits per heavy atom. The summed E-state index contributed by atoms with van der Waals surface area (Å²) in [6.45, 7) is 3.92. The fourth-order valence-corrected chi connectivity index (χ4v) is 3.45. The molecule has 0 aliphatic rings. The van der Waals surface area contributed by atoms with Crippen LogP contribution in [0.5, 0.6) is 0 Å². The molecule has 0 radical (unpaired) electrons. The van der Waals surface area contributed by atoms with Gasteiger partial charge in [-0.25, -0.2) is 4.98 Å². The molecule has 0 bridgehead atoms. The first-order valence-corrected chi connectivity index (χ1v) is 9.05. The van der Waals surface area contributed by atoms with Crippen LogP contribution in [0.3, 0.4) is 0 Å². The minimum Gasteiger partial charge on any atom is -0.481 e. The van der Waals surface area contributed by atoms with Crippen molar-refractivity contribution in [3.8, 4) is 10.6 Å². The van der Waals surface area contributed by atoms with E-state index in [1.165, 1.54) is 11.3 Å². The van der Waals surface area contributed by atoms with E-state index in [1.54, 1.807) is 12.1 Å². The summed E-state index contributed by atoms with van der Waals surface area (Å²) in [4.78, 5) is 27.9. The van der Waals surface area contributed by atoms with Crippen LogP contribution in [0.25, 0.3) is 10.6 Å². The Morgan fingerprint density at radius 1 is 1.25 bits per heavy atom. The highest BCUT2D eigenvalue weighted by molar-refractivity contribution is 7.13. The van der Waals surface area contributed by atoms with Crippen molar-refractivity contribution < 1.29 is 14.7 Å². The highest BCUT2D eigenvalue weighted by atomic mass is 35.5. The minimum absolute atomic E-state index is 0.0569. The van der Waals surface area contributed by atoms with Crippen molar-refractivity contribution >= 4 is 34.7 Å². The molecule has 2 aromatic rings. The van der Waals surface area contributed by atoms with Gasteiger partial charge >= 0.3 is 5.97 Å². The molecule has 0 saturated heterocycles. The normalized spacial score (nSPS) is 12.3. The van der Waals surface area contributed by atoms with Crippen LogP contribution in [0.4, 0.5) is 0 Å². The van der Waals surface area contributed by atoms with Gasteiger partial charge in [0.1, 0.15) is 10.8 Å². The Labute approximate surface area is 150 Å². The van der Waals surface area contributed by atoms with Crippen LogP contribution in [0.15, 0.2) is 29.6 Å². The topological polar surface area (TPSA) is 67.3 Å². The predicted octanol–water partition coefficient (Wildman–Crippen LogP) is 4.71. The highest BCUT2D eigenvalue weighted by Gasteiger charge is 2.22. The molecule has 2 rings (SSSR count). The standard InChI is InChI=1S/C18H20ClNO3S/c1-11(2)7-13(18(22)23)8-16(21)9-15-10-24-17(20-15)12-3-5-14(19)6-4-12/h3-6,10-11,13H,7-9H2,1-2H3,(H,22,23)/t13-/m0/s1. The van der Waals surface area contributed by atoms with E-state index in [2.05, 4.69) is 4.98 Å². The van der Waals surface area contributed by atoms with Crippen molar-refractivity contribution in [2.24, 2.45) is 11.8 Å². The van der Waals surface area contributed by atoms with Gasteiger partial charge in [0, 0.05) is 28.8 Å². The van der Waals surface area contributed by atoms with Crippen LogP contribution < -0.4 is 0 Å². The van der Waals surface area contributed by atoms with E-state index >= 15 is 0 Å². The number of carboxylic acids is 1. The molecule has 1 heterocycles. The average Bonchev–Trinajstić information content (AvgIpc) is 2.95. The molecule has 128 valence electrons. The Bertz CT molecular complexity index is 709. The van der Waals surface area contributed by atoms with Gasteiger partial charge < -0.3 is 5.11 Å². The third-order valence-corrected chi connectivity index (χ3v) is 4.79. The average molecular weight is 366 g/mol. The summed E-state index contributed by atoms with van der Waals surface area (Å²) in [6, 6.07) is 7.37. The Hall–Kier alpha value is -1.72. The lowest BCUT2D eigenvalue weighted by Gasteiger charge is -2.13. The molecule has 1 atom stereocenters. The molecule has 0 aliphatic heterocycles. The number of aliphatic carboxylic acids is 1. The van der Waals surface area contributed by atoms with Gasteiger partial charge in [-0.3, -0.25) is 9.59 Å². The van der Waals surface area contributed by atoms with E-state index in [4.69, 9.17) is 11.6 Å². The lowest BCUT2D eigenvalue weighted by atomic mass is 9.91. The van der Waals surface area contributed by atoms with Crippen LogP contribution >= 0.6 is 22.9 Å². The summed E-state index contributed by atoms with van der Waals surface area (Å²) < 4.78 is 0. The van der Waals surface area contributed by atoms with Gasteiger partial charge in [0.2, 0.25) is 0 Å². The number of Topliss-reactive ketones (excluding diaryl/α,β-unsaturated/α-hetero) is 1. The molecule has 0 spiro atoms. The first-order valence-electron chi connectivity index (χ1n) is 7.80. The summed E-state index contributed by atoms with van der Waals surface area (Å²) >= 11 is 7.34. The van der Waals surface area contributed by atoms with Crippen molar-refractivity contribution in [1.82, 2.24) is 4.98 Å². The molecule has 4 nitrogen and oxygen atoms in total. The van der Waals surface area contributed by atoms with E-state index < -0.39 is 11.9 Å². The van der Waals surface area contributed by atoms with Gasteiger partial charge in [0.05, 0.1) is 11.6 Å². The second kappa shape index (κ2) is 8.40. The fourth-order valence-electron chi connectivity index (χ4n) is 2.50. The van der Waals surface area contributed by atoms with Crippen molar-refractivity contribution in [1.29, 1.82) is 0 Å². The van der Waals surface area contributed by atoms with Gasteiger partial charge in [0.15, 0.2) is 0 Å². The van der Waals surface area contributed by atoms with Crippen LogP contribution in [0.1, 0.15) is 32.4 Å². The van der Waals surface area contributed by atoms with E-state index in [-0.39, 0.29) is 24.5 Å². The zero-order chi connectivity index (χ0) is 17.7. The number of carboxylic acid groups (broad SMARTS) is 1. The Kier molecular flexibility index (Phi) is 6.52. The quantitative estimate of drug-likeness (QED) is 0.735. The number of hydrogen-bond acceptors (Lipinski definition) is 4. The number of halogens is 1. The van der Waals surface area contributed by atoms with Gasteiger partial charge in [-0.15, -0.1) is 11.3 Å². The second-order valence-corrected chi connectivity index (χ2v) is 7.53. The number of nitrogens with zero attached hydrogens (tertiary/aromatic N) is 1. The molecule has 0 unspecified atom stereocenters. The SMILES string of the molecule is CC(C)C[C@@H](CC(=O)Cc1csc(-c2ccc(Cl)cc2)n1)C(=O)O. The lowest BCUT2D eigenvalue weighted by molar-refractivity contribution is -0.144. The summed E-state index contributed by atoms with van der Waals surface area (Å²) in [5.74, 6) is -1.37. The molecular weight excluding hydrogens is 346 g/mol. The van der Waals surface area contributed by atoms with Crippen LogP contribution in [0.2, 0.25) is 5.02 Å². The molecule has 1 aromatic heterocycles. The summed E-state index contributed by atoms with van der Waals surface area (Å²) in [6.07, 6.45) is 0.738. The van der Waals surface area contributed by atoms with E-state index in [0.717, 1.165) is 10.6 Å². The summed E-state index contributed by atoms with van der Waals surface area (Å²) in [5.41, 5.74) is 1.63. The van der Waals surface area contributed by atoms with Crippen molar-refractivity contribution in [2.75, 3.05) is 0 Å². The van der Waals surface area contributed by atoms with Crippen molar-refractivity contribution in [2.45, 2.75) is 33.1 Å². The minimum atomic E-state index is -0.905. The van der Waals surface area contributed by atoms with Crippen LogP contribution in [-0.2, 0) is 16.0 Å². The molecule has 24 heavy (non-hydrogen) atoms. The number of hydrogen-bond donors (Lipinski definition) is 1. The zero-order valence-corrected chi connectivity index (χ0v) is 15.2. The van der Waals surface area contributed by atoms with Crippen molar-refractivity contribution in [3.63, 3.8) is 0 Å². The third-order valence-electron chi connectivity index (χ3n) is 3.60. The molecular formula is C18H20ClNO3S. The maximum Gasteiger partial charge on any atom is 0.306 e. The largest absolute Gasteiger partial charge is 0.481 e. The van der Waals surface area contributed by atoms with E-state index in [9.17, 15) is 14.7 Å². The van der Waals surface area contributed by atoms with Crippen molar-refractivity contribution in [3.05, 3.63) is 40.4 Å². The number of carbonyl (C=O) groups excluding carboxylic acids is 1. The monoisotopic (exact) mass is 365 g/mol. The maximum atomic E-state index is 12.2. The van der Waals surface area contributed by atoms with E-state index in [1.807, 2.05) is 31.4 Å². The summed E-state index contributed by atoms with van der Waals surface area (Å²) in [5, 5.41) is 12.6. The fraction of sp³-hybridized carbons (Fsp3) is 0.389. The lowest BCUT2D eigenvalue weighted by Crippen LogP contribution is -2.20. The Balaban J connectivity index is 1.99. The number of benzene rings is 1. The maximum absolute atomic E-state index is 12.2. The van der Waals surface area contributed by atoms with Crippen LogP contribution in [-0.4, -0.2) is 21.8 Å². The van der Waals surface area contributed by atoms with E-state index in [0.29, 0.717) is 17.1 Å². The number of rotatable bonds is 8. The van der Waals surface area contributed by atoms with Gasteiger partial charge in [-0.1, -0.05) is 37.6 Å². The number of aromatic nitrogens is 1. The van der Waals surface area contributed by atoms with Gasteiger partial charge in [-0.2, -0.15) is 0 Å². The smallest absolute Gasteiger partial charge is 0.306 e. The first kappa shape index (κ1) is 18.6.